The fraction of sp³-hybridized carbons (Fsp3) is 0.867. The average Bonchev–Trinajstić information content (AvgIpc) is 3.15. The molecule has 1 rings (SSSR count). The fourth-order valence-corrected chi connectivity index (χ4v) is 3.03. The summed E-state index contributed by atoms with van der Waals surface area (Å²) in [6, 6.07) is 0. The van der Waals surface area contributed by atoms with Crippen molar-refractivity contribution >= 4 is 23.6 Å². The van der Waals surface area contributed by atoms with Crippen molar-refractivity contribution in [2.75, 3.05) is 12.9 Å². The van der Waals surface area contributed by atoms with Gasteiger partial charge in [0, 0.05) is 11.3 Å². The second-order valence-electron chi connectivity index (χ2n) is 6.43. The van der Waals surface area contributed by atoms with E-state index in [1.165, 1.54) is 7.11 Å². The zero-order chi connectivity index (χ0) is 15.4. The summed E-state index contributed by atoms with van der Waals surface area (Å²) in [6.45, 7) is 8.05. The van der Waals surface area contributed by atoms with E-state index in [9.17, 15) is 9.59 Å². The normalized spacial score (nSPS) is 18.2. The fourth-order valence-electron chi connectivity index (χ4n) is 1.83. The van der Waals surface area contributed by atoms with Crippen LogP contribution in [-0.2, 0) is 14.3 Å². The molecule has 1 N–H and O–H groups in total. The summed E-state index contributed by atoms with van der Waals surface area (Å²) < 4.78 is 4.73. The van der Waals surface area contributed by atoms with Crippen LogP contribution in [0.4, 0.5) is 0 Å². The summed E-state index contributed by atoms with van der Waals surface area (Å²) in [4.78, 5) is 23.5. The van der Waals surface area contributed by atoms with Crippen LogP contribution in [-0.4, -0.2) is 35.5 Å². The molecule has 1 amide bonds. The summed E-state index contributed by atoms with van der Waals surface area (Å²) in [6.07, 6.45) is 3.50. The molecule has 0 aromatic heterocycles. The molecule has 0 aromatic carbocycles. The Morgan fingerprint density at radius 3 is 2.45 bits per heavy atom. The van der Waals surface area contributed by atoms with Gasteiger partial charge < -0.3 is 10.1 Å². The molecule has 0 heterocycles. The molecule has 1 aliphatic rings. The molecule has 0 aliphatic heterocycles. The highest BCUT2D eigenvalue weighted by atomic mass is 32.2. The smallest absolute Gasteiger partial charge is 0.306 e. The van der Waals surface area contributed by atoms with Crippen LogP contribution < -0.4 is 5.32 Å². The second kappa shape index (κ2) is 6.83. The molecule has 1 unspecified atom stereocenters. The van der Waals surface area contributed by atoms with Crippen LogP contribution in [0, 0.1) is 5.41 Å². The summed E-state index contributed by atoms with van der Waals surface area (Å²) in [5.74, 6) is 0.784. The van der Waals surface area contributed by atoms with Gasteiger partial charge in [0.05, 0.1) is 18.8 Å². The molecule has 20 heavy (non-hydrogen) atoms. The number of carbonyl (C=O) groups is 2. The average molecular weight is 301 g/mol. The van der Waals surface area contributed by atoms with Crippen molar-refractivity contribution in [2.24, 2.45) is 5.41 Å². The Bertz CT molecular complexity index is 364. The Balaban J connectivity index is 2.38. The standard InChI is InChI=1S/C15H27NO3S/c1-6-14(3,4)16-13(18)11(2)20-10-15(7-8-15)9-12(17)19-5/h11H,6-10H2,1-5H3,(H,16,18). The van der Waals surface area contributed by atoms with Crippen molar-refractivity contribution in [3.63, 3.8) is 0 Å². The van der Waals surface area contributed by atoms with Gasteiger partial charge in [0.1, 0.15) is 0 Å². The zero-order valence-corrected chi connectivity index (χ0v) is 14.1. The quantitative estimate of drug-likeness (QED) is 0.700. The van der Waals surface area contributed by atoms with E-state index < -0.39 is 0 Å². The largest absolute Gasteiger partial charge is 0.469 e. The number of ether oxygens (including phenoxy) is 1. The van der Waals surface area contributed by atoms with Crippen LogP contribution in [0.1, 0.15) is 53.4 Å². The molecule has 1 saturated carbocycles. The second-order valence-corrected chi connectivity index (χ2v) is 7.76. The first kappa shape index (κ1) is 17.3. The molecule has 116 valence electrons. The third-order valence-corrected chi connectivity index (χ3v) is 5.55. The van der Waals surface area contributed by atoms with Crippen LogP contribution in [0.15, 0.2) is 0 Å². The Morgan fingerprint density at radius 1 is 1.40 bits per heavy atom. The topological polar surface area (TPSA) is 55.4 Å². The number of rotatable bonds is 8. The number of thioether (sulfide) groups is 1. The lowest BCUT2D eigenvalue weighted by Crippen LogP contribution is -2.46. The summed E-state index contributed by atoms with van der Waals surface area (Å²) in [7, 11) is 1.43. The maximum atomic E-state index is 12.1. The lowest BCUT2D eigenvalue weighted by atomic mass is 10.0. The van der Waals surface area contributed by atoms with Gasteiger partial charge in [-0.05, 0) is 45.4 Å². The van der Waals surface area contributed by atoms with Crippen LogP contribution in [0.5, 0.6) is 0 Å². The number of amides is 1. The molecular weight excluding hydrogens is 274 g/mol. The van der Waals surface area contributed by atoms with E-state index in [1.54, 1.807) is 11.8 Å². The highest BCUT2D eigenvalue weighted by molar-refractivity contribution is 8.00. The number of hydrogen-bond acceptors (Lipinski definition) is 4. The van der Waals surface area contributed by atoms with Crippen LogP contribution >= 0.6 is 11.8 Å². The van der Waals surface area contributed by atoms with Gasteiger partial charge in [-0.1, -0.05) is 6.92 Å². The molecule has 0 spiro atoms. The van der Waals surface area contributed by atoms with Gasteiger partial charge in [-0.15, -0.1) is 11.8 Å². The molecular formula is C15H27NO3S. The van der Waals surface area contributed by atoms with Gasteiger partial charge in [-0.2, -0.15) is 0 Å². The number of methoxy groups -OCH3 is 1. The summed E-state index contributed by atoms with van der Waals surface area (Å²) >= 11 is 1.64. The SMILES string of the molecule is CCC(C)(C)NC(=O)C(C)SCC1(CC(=O)OC)CC1. The monoisotopic (exact) mass is 301 g/mol. The molecule has 4 nitrogen and oxygen atoms in total. The van der Waals surface area contributed by atoms with Crippen molar-refractivity contribution in [1.82, 2.24) is 5.32 Å². The lowest BCUT2D eigenvalue weighted by Gasteiger charge is -2.26. The van der Waals surface area contributed by atoms with Crippen molar-refractivity contribution in [3.05, 3.63) is 0 Å². The Hall–Kier alpha value is -0.710. The maximum Gasteiger partial charge on any atom is 0.306 e. The molecule has 0 aromatic rings. The van der Waals surface area contributed by atoms with E-state index in [0.717, 1.165) is 25.0 Å². The Labute approximate surface area is 126 Å². The summed E-state index contributed by atoms with van der Waals surface area (Å²) in [5, 5.41) is 2.98. The van der Waals surface area contributed by atoms with Gasteiger partial charge in [-0.25, -0.2) is 0 Å². The molecule has 0 radical (unpaired) electrons. The minimum atomic E-state index is -0.158. The number of carbonyl (C=O) groups excluding carboxylic acids is 2. The van der Waals surface area contributed by atoms with E-state index in [1.807, 2.05) is 20.8 Å². The predicted molar refractivity (Wildman–Crippen MR) is 82.7 cm³/mol. The van der Waals surface area contributed by atoms with Crippen LogP contribution in [0.3, 0.4) is 0 Å². The lowest BCUT2D eigenvalue weighted by molar-refractivity contribution is -0.141. The molecule has 0 bridgehead atoms. The van der Waals surface area contributed by atoms with E-state index in [4.69, 9.17) is 4.74 Å². The predicted octanol–water partition coefficient (Wildman–Crippen LogP) is 2.76. The number of nitrogens with one attached hydrogen (secondary N) is 1. The van der Waals surface area contributed by atoms with E-state index >= 15 is 0 Å². The van der Waals surface area contributed by atoms with E-state index in [-0.39, 0.29) is 28.1 Å². The van der Waals surface area contributed by atoms with E-state index in [2.05, 4.69) is 12.2 Å². The zero-order valence-electron chi connectivity index (χ0n) is 13.2. The molecule has 1 atom stereocenters. The Kier molecular flexibility index (Phi) is 5.92. The van der Waals surface area contributed by atoms with Crippen molar-refractivity contribution < 1.29 is 14.3 Å². The van der Waals surface area contributed by atoms with Gasteiger partial charge in [0.25, 0.3) is 0 Å². The van der Waals surface area contributed by atoms with Gasteiger partial charge in [-0.3, -0.25) is 9.59 Å². The number of hydrogen-bond donors (Lipinski definition) is 1. The minimum absolute atomic E-state index is 0.0760. The van der Waals surface area contributed by atoms with Gasteiger partial charge in [0.2, 0.25) is 5.91 Å². The highest BCUT2D eigenvalue weighted by Gasteiger charge is 2.45. The maximum absolute atomic E-state index is 12.1. The Morgan fingerprint density at radius 2 is 2.00 bits per heavy atom. The van der Waals surface area contributed by atoms with Crippen LogP contribution in [0.2, 0.25) is 0 Å². The first-order valence-corrected chi connectivity index (χ1v) is 8.29. The summed E-state index contributed by atoms with van der Waals surface area (Å²) in [5.41, 5.74) is -0.0816. The third kappa shape index (κ3) is 5.35. The third-order valence-electron chi connectivity index (χ3n) is 4.06. The first-order valence-electron chi connectivity index (χ1n) is 7.24. The molecule has 0 saturated heterocycles. The van der Waals surface area contributed by atoms with Crippen molar-refractivity contribution in [2.45, 2.75) is 64.2 Å². The molecule has 1 aliphatic carbocycles. The van der Waals surface area contributed by atoms with Crippen molar-refractivity contribution in [1.29, 1.82) is 0 Å². The van der Waals surface area contributed by atoms with Gasteiger partial charge in [0.15, 0.2) is 0 Å². The first-order chi connectivity index (χ1) is 9.23. The van der Waals surface area contributed by atoms with Gasteiger partial charge >= 0.3 is 5.97 Å². The van der Waals surface area contributed by atoms with Crippen molar-refractivity contribution in [3.8, 4) is 0 Å². The minimum Gasteiger partial charge on any atom is -0.469 e. The van der Waals surface area contributed by atoms with Crippen LogP contribution in [0.25, 0.3) is 0 Å². The molecule has 5 heteroatoms. The highest BCUT2D eigenvalue weighted by Crippen LogP contribution is 2.51. The van der Waals surface area contributed by atoms with E-state index in [0.29, 0.717) is 6.42 Å². The number of esters is 1. The molecule has 1 fully saturated rings.